The van der Waals surface area contributed by atoms with Crippen LogP contribution in [0.3, 0.4) is 0 Å². The maximum absolute atomic E-state index is 3.87. The fraction of sp³-hybridized carbons (Fsp3) is 0.714. The second-order valence-electron chi connectivity index (χ2n) is 1.94. The minimum Gasteiger partial charge on any atom is -0.341 e. The van der Waals surface area contributed by atoms with Crippen molar-refractivity contribution in [1.29, 1.82) is 0 Å². The Kier molecular flexibility index (Phi) is 12.3. The van der Waals surface area contributed by atoms with Gasteiger partial charge in [-0.2, -0.15) is 6.42 Å². The summed E-state index contributed by atoms with van der Waals surface area (Å²) >= 11 is 0.128. The van der Waals surface area contributed by atoms with Crippen LogP contribution >= 0.6 is 20.7 Å². The molecule has 0 aliphatic carbocycles. The van der Waals surface area contributed by atoms with Crippen molar-refractivity contribution in [2.24, 2.45) is 0 Å². The van der Waals surface area contributed by atoms with Gasteiger partial charge in [0.15, 0.2) is 0 Å². The number of hydrogen-bond donors (Lipinski definition) is 2. The summed E-state index contributed by atoms with van der Waals surface area (Å²) in [6.45, 7) is 6.01. The van der Waals surface area contributed by atoms with Gasteiger partial charge in [0, 0.05) is 27.2 Å². The Morgan fingerprint density at radius 2 is 2.09 bits per heavy atom. The van der Waals surface area contributed by atoms with Gasteiger partial charge in [-0.3, -0.25) is 5.32 Å². The molecular weight excluding hydrogens is 304 g/mol. The Morgan fingerprint density at radius 3 is 2.36 bits per heavy atom. The van der Waals surface area contributed by atoms with E-state index in [-0.39, 0.29) is 40.2 Å². The van der Waals surface area contributed by atoms with Crippen molar-refractivity contribution in [1.82, 2.24) is 10.6 Å². The van der Waals surface area contributed by atoms with Crippen LogP contribution in [0.25, 0.3) is 0 Å². The average molecular weight is 321 g/mol. The van der Waals surface area contributed by atoms with Crippen molar-refractivity contribution < 1.29 is 19.5 Å². The molecule has 0 aliphatic rings. The van der Waals surface area contributed by atoms with Gasteiger partial charge in [-0.05, 0) is 21.0 Å². The summed E-state index contributed by atoms with van der Waals surface area (Å²) < 4.78 is 2.05. The number of alkyl halides is 1. The van der Waals surface area contributed by atoms with Crippen molar-refractivity contribution >= 4 is 24.4 Å². The first kappa shape index (κ1) is 14.7. The van der Waals surface area contributed by atoms with Gasteiger partial charge in [0.25, 0.3) is 0 Å². The minimum absolute atomic E-state index is 0. The molecule has 0 radical (unpaired) electrons. The quantitative estimate of drug-likeness (QED) is 0.266. The molecule has 0 amide bonds. The third kappa shape index (κ3) is 7.50. The summed E-state index contributed by atoms with van der Waals surface area (Å²) in [5.41, 5.74) is 0. The smallest absolute Gasteiger partial charge is 0.0279 e. The summed E-state index contributed by atoms with van der Waals surface area (Å²) in [5, 5.41) is 6.40. The van der Waals surface area contributed by atoms with Crippen LogP contribution in [0, 0.1) is 6.92 Å². The predicted octanol–water partition coefficient (Wildman–Crippen LogP) is 1.09. The SMILES string of the molecule is [CH2-]CC(NC)I=C(C)NC.[Zn]. The van der Waals surface area contributed by atoms with E-state index in [1.165, 1.54) is 3.63 Å². The van der Waals surface area contributed by atoms with E-state index in [0.29, 0.717) is 4.05 Å². The Balaban J connectivity index is 0. The van der Waals surface area contributed by atoms with Gasteiger partial charge < -0.3 is 12.2 Å². The van der Waals surface area contributed by atoms with Gasteiger partial charge >= 0.3 is 0 Å². The van der Waals surface area contributed by atoms with Crippen LogP contribution in [-0.4, -0.2) is 21.8 Å². The zero-order chi connectivity index (χ0) is 7.98. The summed E-state index contributed by atoms with van der Waals surface area (Å²) in [4.78, 5) is 0. The molecule has 11 heavy (non-hydrogen) atoms. The topological polar surface area (TPSA) is 24.1 Å². The Bertz CT molecular complexity index is 113. The van der Waals surface area contributed by atoms with Gasteiger partial charge in [-0.15, -0.1) is 0 Å². The molecule has 4 heteroatoms. The first-order valence-corrected chi connectivity index (χ1v) is 5.68. The molecule has 1 unspecified atom stereocenters. The van der Waals surface area contributed by atoms with Crippen LogP contribution in [0.5, 0.6) is 0 Å². The fourth-order valence-electron chi connectivity index (χ4n) is 0.506. The van der Waals surface area contributed by atoms with Crippen LogP contribution in [0.1, 0.15) is 13.3 Å². The Morgan fingerprint density at radius 1 is 1.55 bits per heavy atom. The second-order valence-corrected chi connectivity index (χ2v) is 5.68. The Labute approximate surface area is 92.4 Å². The monoisotopic (exact) mass is 319 g/mol. The van der Waals surface area contributed by atoms with Crippen LogP contribution in [0.4, 0.5) is 0 Å². The second kappa shape index (κ2) is 9.23. The minimum atomic E-state index is 0. The number of hydrogen-bond acceptors (Lipinski definition) is 2. The molecule has 0 bridgehead atoms. The van der Waals surface area contributed by atoms with Gasteiger partial charge in [0.1, 0.15) is 0 Å². The molecular formula is C7H16IN2Zn-. The molecule has 0 aromatic carbocycles. The molecule has 64 valence electrons. The largest absolute Gasteiger partial charge is 0.341 e. The van der Waals surface area contributed by atoms with E-state index in [1.807, 2.05) is 14.1 Å². The summed E-state index contributed by atoms with van der Waals surface area (Å²) in [7, 11) is 3.98. The van der Waals surface area contributed by atoms with Crippen molar-refractivity contribution in [2.75, 3.05) is 14.1 Å². The van der Waals surface area contributed by atoms with E-state index < -0.39 is 0 Å². The zero-order valence-electron chi connectivity index (χ0n) is 7.58. The first-order valence-electron chi connectivity index (χ1n) is 3.35. The molecule has 0 aromatic rings. The van der Waals surface area contributed by atoms with Gasteiger partial charge in [0.05, 0.1) is 0 Å². The molecule has 0 spiro atoms. The van der Waals surface area contributed by atoms with E-state index in [1.54, 1.807) is 0 Å². The molecule has 0 rings (SSSR count). The molecule has 0 saturated heterocycles. The maximum atomic E-state index is 3.87. The standard InChI is InChI=1S/C7H16IN2.Zn/c1-5-7(10-4)8-6(2)9-3;/h7,9-10H,1,5H2,2-4H3;/q-1;. The van der Waals surface area contributed by atoms with Gasteiger partial charge in [-0.25, -0.2) is 0 Å². The first-order chi connectivity index (χ1) is 4.74. The van der Waals surface area contributed by atoms with Crippen molar-refractivity contribution in [3.8, 4) is 0 Å². The molecule has 0 aromatic heterocycles. The number of rotatable bonds is 4. The molecule has 0 heterocycles. The molecule has 1 atom stereocenters. The number of nitrogens with one attached hydrogen (secondary N) is 2. The molecule has 2 N–H and O–H groups in total. The molecule has 2 nitrogen and oxygen atoms in total. The average Bonchev–Trinajstić information content (AvgIpc) is 1.99. The van der Waals surface area contributed by atoms with Crippen LogP contribution < -0.4 is 10.6 Å². The van der Waals surface area contributed by atoms with Crippen molar-refractivity contribution in [2.45, 2.75) is 17.4 Å². The van der Waals surface area contributed by atoms with Gasteiger partial charge in [-0.1, -0.05) is 20.7 Å². The summed E-state index contributed by atoms with van der Waals surface area (Å²) in [5.74, 6) is 0. The van der Waals surface area contributed by atoms with Crippen molar-refractivity contribution in [3.63, 3.8) is 0 Å². The zero-order valence-corrected chi connectivity index (χ0v) is 12.7. The van der Waals surface area contributed by atoms with E-state index in [4.69, 9.17) is 0 Å². The van der Waals surface area contributed by atoms with Crippen molar-refractivity contribution in [3.05, 3.63) is 6.92 Å². The van der Waals surface area contributed by atoms with E-state index in [2.05, 4.69) is 24.5 Å². The van der Waals surface area contributed by atoms with Crippen LogP contribution in [0.15, 0.2) is 0 Å². The summed E-state index contributed by atoms with van der Waals surface area (Å²) in [6.07, 6.45) is 0.989. The molecule has 0 aliphatic heterocycles. The molecule has 0 saturated carbocycles. The van der Waals surface area contributed by atoms with Crippen LogP contribution in [0.2, 0.25) is 0 Å². The predicted molar refractivity (Wildman–Crippen MR) is 56.6 cm³/mol. The maximum Gasteiger partial charge on any atom is 0.0279 e. The van der Waals surface area contributed by atoms with E-state index in [0.717, 1.165) is 6.42 Å². The fourth-order valence-corrected chi connectivity index (χ4v) is 2.57. The normalized spacial score (nSPS) is 14.7. The molecule has 0 fully saturated rings. The van der Waals surface area contributed by atoms with E-state index >= 15 is 0 Å². The van der Waals surface area contributed by atoms with Gasteiger partial charge in [0.2, 0.25) is 0 Å². The van der Waals surface area contributed by atoms with Crippen LogP contribution in [-0.2, 0) is 19.5 Å². The third-order valence-corrected chi connectivity index (χ3v) is 4.68. The van der Waals surface area contributed by atoms with E-state index in [9.17, 15) is 0 Å². The third-order valence-electron chi connectivity index (χ3n) is 1.21. The number of halogens is 1. The Hall–Kier alpha value is 1.14. The summed E-state index contributed by atoms with van der Waals surface area (Å²) in [6, 6.07) is 0.